The molecule has 192 valence electrons. The molecule has 0 aliphatic heterocycles. The molecule has 0 saturated heterocycles. The summed E-state index contributed by atoms with van der Waals surface area (Å²) >= 11 is 7.41. The number of Topliss-reactive ketones (excluding diaryl/α,β-unsaturated/α-hetero) is 1. The number of rotatable bonds is 9. The van der Waals surface area contributed by atoms with Crippen molar-refractivity contribution in [1.82, 2.24) is 14.8 Å². The molecule has 0 spiro atoms. The fraction of sp³-hybridized carbons (Fsp3) is 0.240. The zero-order valence-corrected chi connectivity index (χ0v) is 22.2. The van der Waals surface area contributed by atoms with E-state index in [9.17, 15) is 13.2 Å². The van der Waals surface area contributed by atoms with Crippen LogP contribution >= 0.6 is 23.4 Å². The van der Waals surface area contributed by atoms with Gasteiger partial charge in [-0.15, -0.1) is 10.2 Å². The van der Waals surface area contributed by atoms with E-state index in [0.29, 0.717) is 16.6 Å². The lowest BCUT2D eigenvalue weighted by molar-refractivity contribution is -0.116. The predicted molar refractivity (Wildman–Crippen MR) is 144 cm³/mol. The summed E-state index contributed by atoms with van der Waals surface area (Å²) in [5, 5.41) is 16.1. The quantitative estimate of drug-likeness (QED) is 0.293. The van der Waals surface area contributed by atoms with Crippen molar-refractivity contribution in [3.05, 3.63) is 64.7 Å². The summed E-state index contributed by atoms with van der Waals surface area (Å²) in [5.41, 5.74) is 8.83. The van der Waals surface area contributed by atoms with Crippen molar-refractivity contribution in [1.29, 1.82) is 0 Å². The molecule has 1 heterocycles. The summed E-state index contributed by atoms with van der Waals surface area (Å²) in [5.74, 6) is 1.45. The zero-order valence-electron chi connectivity index (χ0n) is 19.8. The number of methoxy groups -OCH3 is 1. The first kappa shape index (κ1) is 25.5. The Morgan fingerprint density at radius 1 is 1.14 bits per heavy atom. The van der Waals surface area contributed by atoms with Crippen LogP contribution in [0.2, 0.25) is 5.02 Å². The number of aromatic nitrogens is 3. The van der Waals surface area contributed by atoms with Crippen molar-refractivity contribution in [3.63, 3.8) is 0 Å². The van der Waals surface area contributed by atoms with E-state index in [1.165, 1.54) is 48.4 Å². The third kappa shape index (κ3) is 5.30. The first-order valence-corrected chi connectivity index (χ1v) is 14.3. The topological polar surface area (TPSA) is 143 Å². The van der Waals surface area contributed by atoms with E-state index >= 15 is 0 Å². The second-order valence-electron chi connectivity index (χ2n) is 8.84. The van der Waals surface area contributed by atoms with Crippen molar-refractivity contribution < 1.29 is 17.9 Å². The molecule has 0 bridgehead atoms. The van der Waals surface area contributed by atoms with E-state index in [-0.39, 0.29) is 33.8 Å². The van der Waals surface area contributed by atoms with E-state index in [1.54, 1.807) is 11.7 Å². The Kier molecular flexibility index (Phi) is 6.88. The standard InChI is InChI=1S/C25H24ClN5O4S2/c1-35-17-5-7-20-19(14-2-3-14)8-9-23(21(20)11-17)31-24(27)29-30-25(31)36-13-16(32)10-15-4-6-18(12-22(15)26)37(28,33)34/h4-9,11-12,14H,2-3,10,13H2,1H3,(H2,27,29)(H2,28,33,34). The number of sulfonamides is 1. The van der Waals surface area contributed by atoms with Gasteiger partial charge in [0.15, 0.2) is 5.16 Å². The van der Waals surface area contributed by atoms with Crippen LogP contribution in [0.15, 0.2) is 58.6 Å². The SMILES string of the molecule is COc1ccc2c(C3CC3)ccc(-n3c(N)nnc3SCC(=O)Cc3ccc(S(N)(=O)=O)cc3Cl)c2c1. The number of carbonyl (C=O) groups is 1. The van der Waals surface area contributed by atoms with E-state index < -0.39 is 10.0 Å². The number of thioether (sulfide) groups is 1. The normalized spacial score (nSPS) is 13.7. The molecule has 12 heteroatoms. The van der Waals surface area contributed by atoms with Crippen LogP contribution in [0, 0.1) is 0 Å². The number of carbonyl (C=O) groups excluding carboxylic acids is 1. The first-order chi connectivity index (χ1) is 17.7. The highest BCUT2D eigenvalue weighted by atomic mass is 35.5. The number of ketones is 1. The minimum Gasteiger partial charge on any atom is -0.497 e. The number of hydrogen-bond donors (Lipinski definition) is 2. The maximum absolute atomic E-state index is 12.8. The fourth-order valence-electron chi connectivity index (χ4n) is 4.27. The van der Waals surface area contributed by atoms with E-state index in [4.69, 9.17) is 27.2 Å². The molecule has 1 saturated carbocycles. The molecule has 5 rings (SSSR count). The van der Waals surface area contributed by atoms with Crippen molar-refractivity contribution in [2.24, 2.45) is 5.14 Å². The third-order valence-electron chi connectivity index (χ3n) is 6.25. The van der Waals surface area contributed by atoms with Gasteiger partial charge < -0.3 is 10.5 Å². The van der Waals surface area contributed by atoms with E-state index in [1.807, 2.05) is 18.2 Å². The Bertz CT molecular complexity index is 1630. The van der Waals surface area contributed by atoms with Gasteiger partial charge in [-0.2, -0.15) is 0 Å². The lowest BCUT2D eigenvalue weighted by Crippen LogP contribution is -2.13. The smallest absolute Gasteiger partial charge is 0.238 e. The van der Waals surface area contributed by atoms with E-state index in [2.05, 4.69) is 22.3 Å². The highest BCUT2D eigenvalue weighted by molar-refractivity contribution is 7.99. The number of nitrogen functional groups attached to an aromatic ring is 1. The van der Waals surface area contributed by atoms with Crippen LogP contribution in [0.1, 0.15) is 29.9 Å². The molecule has 3 aromatic carbocycles. The van der Waals surface area contributed by atoms with Crippen molar-refractivity contribution >= 4 is 55.9 Å². The first-order valence-electron chi connectivity index (χ1n) is 11.4. The number of primary sulfonamides is 1. The summed E-state index contributed by atoms with van der Waals surface area (Å²) in [7, 11) is -2.26. The monoisotopic (exact) mass is 557 g/mol. The number of nitrogens with two attached hydrogens (primary N) is 2. The number of hydrogen-bond acceptors (Lipinski definition) is 8. The van der Waals surface area contributed by atoms with E-state index in [0.717, 1.165) is 22.2 Å². The minimum atomic E-state index is -3.88. The van der Waals surface area contributed by atoms with Gasteiger partial charge in [0.2, 0.25) is 16.0 Å². The molecule has 4 aromatic rings. The minimum absolute atomic E-state index is 0.0244. The van der Waals surface area contributed by atoms with Crippen LogP contribution in [0.5, 0.6) is 5.75 Å². The molecule has 1 aliphatic carbocycles. The zero-order chi connectivity index (χ0) is 26.3. The average molecular weight is 558 g/mol. The highest BCUT2D eigenvalue weighted by Gasteiger charge is 2.27. The predicted octanol–water partition coefficient (Wildman–Crippen LogP) is 4.09. The summed E-state index contributed by atoms with van der Waals surface area (Å²) < 4.78 is 30.2. The number of nitrogens with zero attached hydrogens (tertiary/aromatic N) is 3. The second kappa shape index (κ2) is 9.97. The number of fused-ring (bicyclic) bond motifs is 1. The van der Waals surface area contributed by atoms with Gasteiger partial charge in [-0.1, -0.05) is 41.6 Å². The summed E-state index contributed by atoms with van der Waals surface area (Å²) in [6, 6.07) is 14.2. The Labute approximate surface area is 223 Å². The summed E-state index contributed by atoms with van der Waals surface area (Å²) in [6.45, 7) is 0. The van der Waals surface area contributed by atoms with Gasteiger partial charge in [0.05, 0.1) is 23.4 Å². The van der Waals surface area contributed by atoms with Crippen LogP contribution < -0.4 is 15.6 Å². The number of anilines is 1. The number of halogens is 1. The number of benzene rings is 3. The molecule has 0 atom stereocenters. The summed E-state index contributed by atoms with van der Waals surface area (Å²) in [4.78, 5) is 12.7. The second-order valence-corrected chi connectivity index (χ2v) is 11.7. The average Bonchev–Trinajstić information content (AvgIpc) is 3.64. The van der Waals surface area contributed by atoms with Crippen molar-refractivity contribution in [2.45, 2.75) is 35.2 Å². The van der Waals surface area contributed by atoms with Crippen LogP contribution in [0.3, 0.4) is 0 Å². The Morgan fingerprint density at radius 3 is 2.59 bits per heavy atom. The molecular formula is C25H24ClN5O4S2. The van der Waals surface area contributed by atoms with Gasteiger partial charge in [-0.3, -0.25) is 9.36 Å². The maximum atomic E-state index is 12.8. The molecule has 37 heavy (non-hydrogen) atoms. The summed E-state index contributed by atoms with van der Waals surface area (Å²) in [6.07, 6.45) is 2.37. The third-order valence-corrected chi connectivity index (χ3v) is 8.51. The van der Waals surface area contributed by atoms with Gasteiger partial charge in [0.25, 0.3) is 0 Å². The lowest BCUT2D eigenvalue weighted by Gasteiger charge is -2.15. The molecule has 9 nitrogen and oxygen atoms in total. The molecule has 0 unspecified atom stereocenters. The number of ether oxygens (including phenoxy) is 1. The fourth-order valence-corrected chi connectivity index (χ4v) is 5.93. The molecule has 0 radical (unpaired) electrons. The molecule has 1 aliphatic rings. The Balaban J connectivity index is 1.40. The highest BCUT2D eigenvalue weighted by Crippen LogP contribution is 2.45. The van der Waals surface area contributed by atoms with Gasteiger partial charge >= 0.3 is 0 Å². The van der Waals surface area contributed by atoms with Crippen LogP contribution in [0.4, 0.5) is 5.95 Å². The van der Waals surface area contributed by atoms with Gasteiger partial charge in [-0.25, -0.2) is 13.6 Å². The lowest BCUT2D eigenvalue weighted by atomic mass is 9.99. The van der Waals surface area contributed by atoms with Crippen molar-refractivity contribution in [2.75, 3.05) is 18.6 Å². The van der Waals surface area contributed by atoms with Crippen LogP contribution in [-0.2, 0) is 21.2 Å². The molecule has 1 fully saturated rings. The Morgan fingerprint density at radius 2 is 1.92 bits per heavy atom. The van der Waals surface area contributed by atoms with Gasteiger partial charge in [-0.05, 0) is 65.6 Å². The molecule has 4 N–H and O–H groups in total. The molecule has 0 amide bonds. The maximum Gasteiger partial charge on any atom is 0.238 e. The van der Waals surface area contributed by atoms with Crippen molar-refractivity contribution in [3.8, 4) is 11.4 Å². The van der Waals surface area contributed by atoms with Crippen LogP contribution in [-0.4, -0.2) is 41.8 Å². The molecular weight excluding hydrogens is 534 g/mol. The molecule has 1 aromatic heterocycles. The largest absolute Gasteiger partial charge is 0.497 e. The Hall–Kier alpha value is -3.12. The van der Waals surface area contributed by atoms with Gasteiger partial charge in [0.1, 0.15) is 11.5 Å². The van der Waals surface area contributed by atoms with Crippen LogP contribution in [0.25, 0.3) is 16.5 Å². The van der Waals surface area contributed by atoms with Gasteiger partial charge in [0, 0.05) is 16.8 Å².